The van der Waals surface area contributed by atoms with Crippen LogP contribution in [0.3, 0.4) is 0 Å². The molecule has 0 saturated carbocycles. The first-order chi connectivity index (χ1) is 10.6. The maximum atomic E-state index is 5.73. The van der Waals surface area contributed by atoms with Crippen molar-refractivity contribution in [2.24, 2.45) is 5.73 Å². The second-order valence-electron chi connectivity index (χ2n) is 5.97. The van der Waals surface area contributed by atoms with Crippen molar-refractivity contribution < 1.29 is 0 Å². The molecule has 3 rings (SSSR count). The van der Waals surface area contributed by atoms with Gasteiger partial charge in [0.25, 0.3) is 0 Å². The van der Waals surface area contributed by atoms with Gasteiger partial charge in [0, 0.05) is 12.1 Å². The highest BCUT2D eigenvalue weighted by Crippen LogP contribution is 2.29. The highest BCUT2D eigenvalue weighted by Gasteiger charge is 2.14. The molecule has 3 heteroatoms. The predicted molar refractivity (Wildman–Crippen MR) is 93.1 cm³/mol. The number of hydrogen-bond donors (Lipinski definition) is 1. The Labute approximate surface area is 131 Å². The van der Waals surface area contributed by atoms with Crippen molar-refractivity contribution in [1.82, 2.24) is 9.55 Å². The second kappa shape index (κ2) is 5.93. The van der Waals surface area contributed by atoms with E-state index in [4.69, 9.17) is 10.7 Å². The largest absolute Gasteiger partial charge is 0.330 e. The van der Waals surface area contributed by atoms with Crippen LogP contribution in [0.1, 0.15) is 23.1 Å². The fourth-order valence-electron chi connectivity index (χ4n) is 2.89. The molecule has 3 nitrogen and oxygen atoms in total. The average molecular weight is 293 g/mol. The van der Waals surface area contributed by atoms with Gasteiger partial charge in [-0.15, -0.1) is 0 Å². The van der Waals surface area contributed by atoms with Gasteiger partial charge in [-0.3, -0.25) is 0 Å². The lowest BCUT2D eigenvalue weighted by molar-refractivity contribution is 0.671. The lowest BCUT2D eigenvalue weighted by atomic mass is 10.1. The summed E-state index contributed by atoms with van der Waals surface area (Å²) in [6.07, 6.45) is 0.956. The minimum absolute atomic E-state index is 0.692. The Kier molecular flexibility index (Phi) is 3.99. The molecule has 22 heavy (non-hydrogen) atoms. The van der Waals surface area contributed by atoms with Gasteiger partial charge in [-0.1, -0.05) is 24.3 Å². The summed E-state index contributed by atoms with van der Waals surface area (Å²) in [6.45, 7) is 8.03. The summed E-state index contributed by atoms with van der Waals surface area (Å²) >= 11 is 0. The summed E-state index contributed by atoms with van der Waals surface area (Å²) in [5.74, 6) is 1.05. The monoisotopic (exact) mass is 293 g/mol. The fraction of sp³-hybridized carbons (Fsp3) is 0.316. The van der Waals surface area contributed by atoms with Crippen LogP contribution in [0.15, 0.2) is 36.4 Å². The third-order valence-corrected chi connectivity index (χ3v) is 4.34. The van der Waals surface area contributed by atoms with E-state index in [2.05, 4.69) is 61.7 Å². The molecule has 1 heterocycles. The van der Waals surface area contributed by atoms with Crippen LogP contribution in [-0.2, 0) is 6.54 Å². The first-order valence-corrected chi connectivity index (χ1v) is 7.85. The first kappa shape index (κ1) is 14.8. The van der Waals surface area contributed by atoms with Gasteiger partial charge in [-0.2, -0.15) is 0 Å². The van der Waals surface area contributed by atoms with Crippen molar-refractivity contribution in [3.05, 3.63) is 53.1 Å². The van der Waals surface area contributed by atoms with Gasteiger partial charge >= 0.3 is 0 Å². The van der Waals surface area contributed by atoms with Crippen LogP contribution < -0.4 is 5.73 Å². The van der Waals surface area contributed by atoms with Crippen LogP contribution in [0.25, 0.3) is 22.4 Å². The molecule has 0 aliphatic heterocycles. The molecule has 0 bridgehead atoms. The lowest BCUT2D eigenvalue weighted by Gasteiger charge is -2.11. The number of aromatic nitrogens is 2. The van der Waals surface area contributed by atoms with Gasteiger partial charge in [0.1, 0.15) is 5.82 Å². The Morgan fingerprint density at radius 1 is 1.00 bits per heavy atom. The van der Waals surface area contributed by atoms with Crippen molar-refractivity contribution >= 4 is 11.0 Å². The van der Waals surface area contributed by atoms with Crippen LogP contribution in [0.4, 0.5) is 0 Å². The molecule has 2 N–H and O–H groups in total. The van der Waals surface area contributed by atoms with Crippen LogP contribution in [0.5, 0.6) is 0 Å². The van der Waals surface area contributed by atoms with Crippen molar-refractivity contribution in [3.8, 4) is 11.4 Å². The zero-order chi connectivity index (χ0) is 15.7. The molecule has 0 fully saturated rings. The smallest absolute Gasteiger partial charge is 0.141 e. The van der Waals surface area contributed by atoms with E-state index in [0.717, 1.165) is 24.3 Å². The minimum atomic E-state index is 0.692. The third-order valence-electron chi connectivity index (χ3n) is 4.34. The summed E-state index contributed by atoms with van der Waals surface area (Å²) in [5, 5.41) is 0. The fourth-order valence-corrected chi connectivity index (χ4v) is 2.89. The minimum Gasteiger partial charge on any atom is -0.330 e. The molecule has 0 amide bonds. The Morgan fingerprint density at radius 3 is 2.45 bits per heavy atom. The summed E-state index contributed by atoms with van der Waals surface area (Å²) < 4.78 is 2.32. The van der Waals surface area contributed by atoms with E-state index in [9.17, 15) is 0 Å². The Bertz CT molecular complexity index is 815. The molecule has 2 aromatic carbocycles. The summed E-state index contributed by atoms with van der Waals surface area (Å²) in [6, 6.07) is 12.9. The van der Waals surface area contributed by atoms with Crippen LogP contribution in [0, 0.1) is 20.8 Å². The molecule has 114 valence electrons. The van der Waals surface area contributed by atoms with Crippen molar-refractivity contribution in [2.45, 2.75) is 33.7 Å². The molecular formula is C19H23N3. The standard InChI is InChI=1S/C19H23N3/c1-13-7-4-5-8-16(13)19-21-17-11-14(2)15(3)12-18(17)22(19)10-6-9-20/h4-5,7-8,11-12H,6,9-10,20H2,1-3H3. The van der Waals surface area contributed by atoms with Gasteiger partial charge in [0.2, 0.25) is 0 Å². The predicted octanol–water partition coefficient (Wildman–Crippen LogP) is 3.98. The molecule has 0 radical (unpaired) electrons. The van der Waals surface area contributed by atoms with E-state index in [1.54, 1.807) is 0 Å². The Hall–Kier alpha value is -2.13. The zero-order valence-corrected chi connectivity index (χ0v) is 13.6. The van der Waals surface area contributed by atoms with E-state index in [-0.39, 0.29) is 0 Å². The highest BCUT2D eigenvalue weighted by atomic mass is 15.1. The molecule has 0 atom stereocenters. The van der Waals surface area contributed by atoms with Crippen molar-refractivity contribution in [3.63, 3.8) is 0 Å². The molecule has 0 aliphatic rings. The van der Waals surface area contributed by atoms with Gasteiger partial charge in [0.05, 0.1) is 11.0 Å². The molecule has 0 unspecified atom stereocenters. The third kappa shape index (κ3) is 2.53. The summed E-state index contributed by atoms with van der Waals surface area (Å²) in [5.41, 5.74) is 13.0. The number of nitrogens with two attached hydrogens (primary N) is 1. The van der Waals surface area contributed by atoms with Gasteiger partial charge in [-0.25, -0.2) is 4.98 Å². The zero-order valence-electron chi connectivity index (χ0n) is 13.6. The van der Waals surface area contributed by atoms with Crippen LogP contribution >= 0.6 is 0 Å². The molecule has 3 aromatic rings. The first-order valence-electron chi connectivity index (χ1n) is 7.85. The summed E-state index contributed by atoms with van der Waals surface area (Å²) in [7, 11) is 0. The number of aryl methyl sites for hydroxylation is 4. The molecule has 0 aliphatic carbocycles. The number of imidazole rings is 1. The SMILES string of the molecule is Cc1cc2nc(-c3ccccc3C)n(CCCN)c2cc1C. The van der Waals surface area contributed by atoms with E-state index < -0.39 is 0 Å². The second-order valence-corrected chi connectivity index (χ2v) is 5.97. The highest BCUT2D eigenvalue weighted by molar-refractivity contribution is 5.82. The number of nitrogens with zero attached hydrogens (tertiary/aromatic N) is 2. The summed E-state index contributed by atoms with van der Waals surface area (Å²) in [4.78, 5) is 4.92. The van der Waals surface area contributed by atoms with Crippen LogP contribution in [0.2, 0.25) is 0 Å². The number of hydrogen-bond acceptors (Lipinski definition) is 2. The topological polar surface area (TPSA) is 43.8 Å². The number of fused-ring (bicyclic) bond motifs is 1. The van der Waals surface area contributed by atoms with Crippen LogP contribution in [-0.4, -0.2) is 16.1 Å². The van der Waals surface area contributed by atoms with E-state index in [0.29, 0.717) is 6.54 Å². The quantitative estimate of drug-likeness (QED) is 0.790. The molecular weight excluding hydrogens is 270 g/mol. The van der Waals surface area contributed by atoms with Gasteiger partial charge < -0.3 is 10.3 Å². The maximum absolute atomic E-state index is 5.73. The molecule has 0 spiro atoms. The number of rotatable bonds is 4. The normalized spacial score (nSPS) is 11.3. The molecule has 1 aromatic heterocycles. The average Bonchev–Trinajstić information content (AvgIpc) is 2.83. The van der Waals surface area contributed by atoms with E-state index >= 15 is 0 Å². The number of benzene rings is 2. The lowest BCUT2D eigenvalue weighted by Crippen LogP contribution is -2.07. The van der Waals surface area contributed by atoms with Crippen molar-refractivity contribution in [2.75, 3.05) is 6.54 Å². The van der Waals surface area contributed by atoms with E-state index in [1.165, 1.54) is 27.8 Å². The van der Waals surface area contributed by atoms with Gasteiger partial charge in [-0.05, 0) is 62.6 Å². The van der Waals surface area contributed by atoms with E-state index in [1.807, 2.05) is 0 Å². The Balaban J connectivity index is 2.26. The van der Waals surface area contributed by atoms with Gasteiger partial charge in [0.15, 0.2) is 0 Å². The Morgan fingerprint density at radius 2 is 1.73 bits per heavy atom. The van der Waals surface area contributed by atoms with Crippen molar-refractivity contribution in [1.29, 1.82) is 0 Å². The molecule has 0 saturated heterocycles. The maximum Gasteiger partial charge on any atom is 0.141 e.